The molecular formula is C26H25ClFNO3S. The summed E-state index contributed by atoms with van der Waals surface area (Å²) >= 11 is 6.20. The number of sulfonamides is 1. The van der Waals surface area contributed by atoms with Crippen LogP contribution in [0.25, 0.3) is 11.6 Å². The van der Waals surface area contributed by atoms with Crippen molar-refractivity contribution in [2.24, 2.45) is 0 Å². The van der Waals surface area contributed by atoms with Crippen LogP contribution < -0.4 is 9.04 Å². The van der Waals surface area contributed by atoms with Gasteiger partial charge in [-0.05, 0) is 65.9 Å². The van der Waals surface area contributed by atoms with E-state index < -0.39 is 15.8 Å². The average Bonchev–Trinajstić information content (AvgIpc) is 2.78. The first-order valence-corrected chi connectivity index (χ1v) is 12.5. The quantitative estimate of drug-likeness (QED) is 0.375. The molecule has 1 heterocycles. The number of hydrogen-bond donors (Lipinski definition) is 0. The zero-order valence-corrected chi connectivity index (χ0v) is 20.3. The van der Waals surface area contributed by atoms with Gasteiger partial charge in [0.15, 0.2) is 0 Å². The molecule has 0 aliphatic carbocycles. The molecule has 0 fully saturated rings. The van der Waals surface area contributed by atoms with Gasteiger partial charge in [0.05, 0.1) is 22.2 Å². The average molecular weight is 486 g/mol. The van der Waals surface area contributed by atoms with Crippen molar-refractivity contribution in [3.8, 4) is 5.75 Å². The molecule has 4 rings (SSSR count). The summed E-state index contributed by atoms with van der Waals surface area (Å²) in [5, 5.41) is 0.319. The predicted molar refractivity (Wildman–Crippen MR) is 132 cm³/mol. The van der Waals surface area contributed by atoms with Crippen LogP contribution in [0.2, 0.25) is 5.02 Å². The van der Waals surface area contributed by atoms with E-state index in [1.165, 1.54) is 10.4 Å². The first kappa shape index (κ1) is 23.3. The Morgan fingerprint density at radius 1 is 1.12 bits per heavy atom. The summed E-state index contributed by atoms with van der Waals surface area (Å²) in [6.45, 7) is 6.28. The standard InChI is InChI=1S/C26H25ClFNO3S/c1-17(2)20-6-4-7-21(16-20)33(30,31)29-12-13-32-25-11-10-19(15-24(25)29)14-18(3)26-22(27)8-5-9-23(26)28/h4-11,14-17H,12-13H2,1-3H3/b18-14+. The van der Waals surface area contributed by atoms with Crippen LogP contribution in [0.3, 0.4) is 0 Å². The zero-order valence-electron chi connectivity index (χ0n) is 18.7. The lowest BCUT2D eigenvalue weighted by molar-refractivity contribution is 0.316. The van der Waals surface area contributed by atoms with Crippen molar-refractivity contribution in [1.82, 2.24) is 0 Å². The second-order valence-electron chi connectivity index (χ2n) is 8.30. The number of halogens is 2. The first-order valence-electron chi connectivity index (χ1n) is 10.7. The molecule has 0 radical (unpaired) electrons. The molecule has 172 valence electrons. The van der Waals surface area contributed by atoms with Crippen LogP contribution in [0.1, 0.15) is 43.4 Å². The van der Waals surface area contributed by atoms with E-state index in [1.54, 1.807) is 55.5 Å². The lowest BCUT2D eigenvalue weighted by atomic mass is 10.0. The van der Waals surface area contributed by atoms with E-state index in [4.69, 9.17) is 16.3 Å². The highest BCUT2D eigenvalue weighted by atomic mass is 35.5. The van der Waals surface area contributed by atoms with Gasteiger partial charge in [0.25, 0.3) is 10.0 Å². The van der Waals surface area contributed by atoms with E-state index in [9.17, 15) is 12.8 Å². The molecule has 0 saturated heterocycles. The summed E-state index contributed by atoms with van der Waals surface area (Å²) in [5.74, 6) is 0.289. The largest absolute Gasteiger partial charge is 0.489 e. The van der Waals surface area contributed by atoms with Crippen LogP contribution in [0.4, 0.5) is 10.1 Å². The molecule has 0 unspecified atom stereocenters. The van der Waals surface area contributed by atoms with Gasteiger partial charge in [0.1, 0.15) is 18.2 Å². The molecular weight excluding hydrogens is 461 g/mol. The molecule has 0 atom stereocenters. The summed E-state index contributed by atoms with van der Waals surface area (Å²) in [7, 11) is -3.79. The number of rotatable bonds is 5. The molecule has 3 aromatic carbocycles. The van der Waals surface area contributed by atoms with Crippen LogP contribution in [0, 0.1) is 5.82 Å². The molecule has 0 bridgehead atoms. The Hall–Kier alpha value is -2.83. The van der Waals surface area contributed by atoms with Crippen molar-refractivity contribution in [3.05, 3.63) is 88.2 Å². The van der Waals surface area contributed by atoms with Crippen LogP contribution in [0.5, 0.6) is 5.75 Å². The number of hydrogen-bond acceptors (Lipinski definition) is 3. The SMILES string of the molecule is C/C(=C\c1ccc2c(c1)N(S(=O)(=O)c1cccc(C(C)C)c1)CCO2)c1c(F)cccc1Cl. The molecule has 0 spiro atoms. The molecule has 4 nitrogen and oxygen atoms in total. The third kappa shape index (κ3) is 4.63. The summed E-state index contributed by atoms with van der Waals surface area (Å²) in [6.07, 6.45) is 1.78. The Morgan fingerprint density at radius 2 is 1.88 bits per heavy atom. The van der Waals surface area contributed by atoms with Crippen molar-refractivity contribution < 1.29 is 17.5 Å². The number of anilines is 1. The van der Waals surface area contributed by atoms with Gasteiger partial charge in [0, 0.05) is 5.56 Å². The molecule has 0 amide bonds. The Kier molecular flexibility index (Phi) is 6.50. The number of fused-ring (bicyclic) bond motifs is 1. The van der Waals surface area contributed by atoms with E-state index in [-0.39, 0.29) is 24.0 Å². The lowest BCUT2D eigenvalue weighted by Crippen LogP contribution is -2.38. The predicted octanol–water partition coefficient (Wildman–Crippen LogP) is 6.75. The second-order valence-corrected chi connectivity index (χ2v) is 10.6. The number of allylic oxidation sites excluding steroid dienone is 1. The Bertz CT molecular complexity index is 1310. The summed E-state index contributed by atoms with van der Waals surface area (Å²) in [4.78, 5) is 0.247. The van der Waals surface area contributed by atoms with Crippen LogP contribution in [0.15, 0.2) is 65.6 Å². The maximum atomic E-state index is 14.3. The Labute approximate surface area is 199 Å². The summed E-state index contributed by atoms with van der Waals surface area (Å²) in [6, 6.07) is 16.9. The maximum absolute atomic E-state index is 14.3. The molecule has 33 heavy (non-hydrogen) atoms. The van der Waals surface area contributed by atoms with Gasteiger partial charge < -0.3 is 4.74 Å². The second kappa shape index (κ2) is 9.20. The van der Waals surface area contributed by atoms with Crippen molar-refractivity contribution in [2.45, 2.75) is 31.6 Å². The molecule has 1 aliphatic rings. The lowest BCUT2D eigenvalue weighted by Gasteiger charge is -2.31. The minimum absolute atomic E-state index is 0.201. The molecule has 7 heteroatoms. The number of benzene rings is 3. The molecule has 3 aromatic rings. The fraction of sp³-hybridized carbons (Fsp3) is 0.231. The van der Waals surface area contributed by atoms with Gasteiger partial charge in [-0.2, -0.15) is 0 Å². The highest BCUT2D eigenvalue weighted by Crippen LogP contribution is 2.37. The van der Waals surface area contributed by atoms with E-state index in [1.807, 2.05) is 26.0 Å². The summed E-state index contributed by atoms with van der Waals surface area (Å²) in [5.41, 5.74) is 3.08. The van der Waals surface area contributed by atoms with E-state index in [0.29, 0.717) is 33.2 Å². The number of nitrogens with zero attached hydrogens (tertiary/aromatic N) is 1. The normalized spacial score (nSPS) is 14.2. The maximum Gasteiger partial charge on any atom is 0.264 e. The van der Waals surface area contributed by atoms with Crippen molar-refractivity contribution in [2.75, 3.05) is 17.5 Å². The molecule has 1 aliphatic heterocycles. The van der Waals surface area contributed by atoms with Gasteiger partial charge in [-0.3, -0.25) is 4.31 Å². The van der Waals surface area contributed by atoms with Crippen LogP contribution in [-0.4, -0.2) is 21.6 Å². The van der Waals surface area contributed by atoms with Crippen LogP contribution >= 0.6 is 11.6 Å². The fourth-order valence-electron chi connectivity index (χ4n) is 3.91. The molecule has 0 saturated carbocycles. The van der Waals surface area contributed by atoms with Gasteiger partial charge in [-0.25, -0.2) is 12.8 Å². The Morgan fingerprint density at radius 3 is 2.61 bits per heavy atom. The smallest absolute Gasteiger partial charge is 0.264 e. The highest BCUT2D eigenvalue weighted by molar-refractivity contribution is 7.92. The van der Waals surface area contributed by atoms with Gasteiger partial charge >= 0.3 is 0 Å². The van der Waals surface area contributed by atoms with Crippen LogP contribution in [-0.2, 0) is 10.0 Å². The fourth-order valence-corrected chi connectivity index (χ4v) is 5.73. The highest BCUT2D eigenvalue weighted by Gasteiger charge is 2.30. The topological polar surface area (TPSA) is 46.6 Å². The monoisotopic (exact) mass is 485 g/mol. The van der Waals surface area contributed by atoms with E-state index in [2.05, 4.69) is 0 Å². The van der Waals surface area contributed by atoms with Crippen molar-refractivity contribution in [3.63, 3.8) is 0 Å². The third-order valence-corrected chi connectivity index (χ3v) is 7.78. The zero-order chi connectivity index (χ0) is 23.8. The minimum atomic E-state index is -3.79. The number of ether oxygens (including phenoxy) is 1. The summed E-state index contributed by atoms with van der Waals surface area (Å²) < 4.78 is 48.6. The van der Waals surface area contributed by atoms with E-state index in [0.717, 1.165) is 5.56 Å². The van der Waals surface area contributed by atoms with Crippen molar-refractivity contribution in [1.29, 1.82) is 0 Å². The molecule has 0 aromatic heterocycles. The van der Waals surface area contributed by atoms with Gasteiger partial charge in [0.2, 0.25) is 0 Å². The third-order valence-electron chi connectivity index (χ3n) is 5.66. The Balaban J connectivity index is 1.76. The van der Waals surface area contributed by atoms with E-state index >= 15 is 0 Å². The molecule has 0 N–H and O–H groups in total. The minimum Gasteiger partial charge on any atom is -0.489 e. The van der Waals surface area contributed by atoms with Crippen molar-refractivity contribution >= 4 is 39.0 Å². The first-order chi connectivity index (χ1) is 15.7. The van der Waals surface area contributed by atoms with Gasteiger partial charge in [-0.1, -0.05) is 55.8 Å². The van der Waals surface area contributed by atoms with Gasteiger partial charge in [-0.15, -0.1) is 0 Å².